The van der Waals surface area contributed by atoms with E-state index in [0.29, 0.717) is 6.04 Å². The van der Waals surface area contributed by atoms with Crippen LogP contribution in [0.1, 0.15) is 26.2 Å². The normalized spacial score (nSPS) is 34.4. The SMILES string of the molecule is CCC(CN)N1CC2CC=CCC2C1. The van der Waals surface area contributed by atoms with Crippen molar-refractivity contribution in [2.24, 2.45) is 17.6 Å². The van der Waals surface area contributed by atoms with Crippen LogP contribution in [-0.2, 0) is 0 Å². The molecule has 0 bridgehead atoms. The summed E-state index contributed by atoms with van der Waals surface area (Å²) in [6, 6.07) is 0.626. The molecule has 0 saturated carbocycles. The Balaban J connectivity index is 1.94. The lowest BCUT2D eigenvalue weighted by Gasteiger charge is -2.25. The molecule has 0 amide bonds. The van der Waals surface area contributed by atoms with E-state index in [1.165, 1.54) is 32.4 Å². The molecule has 0 aromatic heterocycles. The largest absolute Gasteiger partial charge is 0.329 e. The van der Waals surface area contributed by atoms with Crippen LogP contribution in [0, 0.1) is 11.8 Å². The monoisotopic (exact) mass is 194 g/mol. The van der Waals surface area contributed by atoms with E-state index in [4.69, 9.17) is 5.73 Å². The minimum absolute atomic E-state index is 0.626. The molecule has 3 unspecified atom stereocenters. The summed E-state index contributed by atoms with van der Waals surface area (Å²) in [6.45, 7) is 5.64. The van der Waals surface area contributed by atoms with Gasteiger partial charge in [0.1, 0.15) is 0 Å². The molecule has 2 N–H and O–H groups in total. The quantitative estimate of drug-likeness (QED) is 0.692. The van der Waals surface area contributed by atoms with Gasteiger partial charge in [-0.3, -0.25) is 4.90 Å². The lowest BCUT2D eigenvalue weighted by Crippen LogP contribution is -2.38. The van der Waals surface area contributed by atoms with Gasteiger partial charge in [-0.25, -0.2) is 0 Å². The number of nitrogens with two attached hydrogens (primary N) is 1. The second-order valence-electron chi connectivity index (χ2n) is 4.71. The summed E-state index contributed by atoms with van der Waals surface area (Å²) in [6.07, 6.45) is 8.50. The zero-order chi connectivity index (χ0) is 9.97. The number of hydrogen-bond donors (Lipinski definition) is 1. The van der Waals surface area contributed by atoms with Crippen molar-refractivity contribution in [1.29, 1.82) is 0 Å². The molecule has 2 rings (SSSR count). The molecule has 1 aliphatic carbocycles. The van der Waals surface area contributed by atoms with Crippen LogP contribution < -0.4 is 5.73 Å². The van der Waals surface area contributed by atoms with Gasteiger partial charge in [-0.2, -0.15) is 0 Å². The predicted octanol–water partition coefficient (Wildman–Crippen LogP) is 1.62. The number of allylic oxidation sites excluding steroid dienone is 2. The third-order valence-electron chi connectivity index (χ3n) is 3.91. The summed E-state index contributed by atoms with van der Waals surface area (Å²) in [7, 11) is 0. The van der Waals surface area contributed by atoms with Crippen LogP contribution in [0.15, 0.2) is 12.2 Å². The average Bonchev–Trinajstić information content (AvgIpc) is 2.63. The Morgan fingerprint density at radius 1 is 1.29 bits per heavy atom. The van der Waals surface area contributed by atoms with Crippen molar-refractivity contribution in [2.75, 3.05) is 19.6 Å². The second-order valence-corrected chi connectivity index (χ2v) is 4.71. The number of hydrogen-bond acceptors (Lipinski definition) is 2. The molecule has 0 aromatic rings. The molecule has 2 heteroatoms. The summed E-state index contributed by atoms with van der Waals surface area (Å²) in [5.41, 5.74) is 5.80. The van der Waals surface area contributed by atoms with E-state index in [2.05, 4.69) is 24.0 Å². The van der Waals surface area contributed by atoms with Crippen LogP contribution in [-0.4, -0.2) is 30.6 Å². The minimum atomic E-state index is 0.626. The van der Waals surface area contributed by atoms with Crippen molar-refractivity contribution in [3.05, 3.63) is 12.2 Å². The molecule has 0 radical (unpaired) electrons. The molecule has 0 spiro atoms. The van der Waals surface area contributed by atoms with Crippen molar-refractivity contribution in [2.45, 2.75) is 32.2 Å². The predicted molar refractivity (Wildman–Crippen MR) is 60.1 cm³/mol. The van der Waals surface area contributed by atoms with Gasteiger partial charge in [0.2, 0.25) is 0 Å². The van der Waals surface area contributed by atoms with Gasteiger partial charge in [0.15, 0.2) is 0 Å². The van der Waals surface area contributed by atoms with Crippen LogP contribution >= 0.6 is 0 Å². The molecule has 2 nitrogen and oxygen atoms in total. The average molecular weight is 194 g/mol. The van der Waals surface area contributed by atoms with Crippen molar-refractivity contribution in [3.8, 4) is 0 Å². The lowest BCUT2D eigenvalue weighted by atomic mass is 9.86. The summed E-state index contributed by atoms with van der Waals surface area (Å²) in [4.78, 5) is 2.61. The summed E-state index contributed by atoms with van der Waals surface area (Å²) >= 11 is 0. The number of nitrogens with zero attached hydrogens (tertiary/aromatic N) is 1. The van der Waals surface area contributed by atoms with Gasteiger partial charge in [0, 0.05) is 25.7 Å². The molecule has 1 fully saturated rings. The van der Waals surface area contributed by atoms with Crippen LogP contribution in [0.5, 0.6) is 0 Å². The van der Waals surface area contributed by atoms with Gasteiger partial charge < -0.3 is 5.73 Å². The second kappa shape index (κ2) is 4.45. The first kappa shape index (κ1) is 10.2. The highest BCUT2D eigenvalue weighted by atomic mass is 15.2. The fourth-order valence-electron chi connectivity index (χ4n) is 2.92. The highest BCUT2D eigenvalue weighted by Crippen LogP contribution is 2.33. The van der Waals surface area contributed by atoms with Gasteiger partial charge >= 0.3 is 0 Å². The highest BCUT2D eigenvalue weighted by Gasteiger charge is 2.34. The Morgan fingerprint density at radius 2 is 1.86 bits per heavy atom. The van der Waals surface area contributed by atoms with E-state index in [9.17, 15) is 0 Å². The van der Waals surface area contributed by atoms with Gasteiger partial charge in [0.25, 0.3) is 0 Å². The highest BCUT2D eigenvalue weighted by molar-refractivity contribution is 5.00. The van der Waals surface area contributed by atoms with Crippen LogP contribution in [0.2, 0.25) is 0 Å². The minimum Gasteiger partial charge on any atom is -0.329 e. The van der Waals surface area contributed by atoms with Gasteiger partial charge in [-0.05, 0) is 31.1 Å². The smallest absolute Gasteiger partial charge is 0.0216 e. The molecular weight excluding hydrogens is 172 g/mol. The zero-order valence-electron chi connectivity index (χ0n) is 9.15. The molecule has 80 valence electrons. The Morgan fingerprint density at radius 3 is 2.29 bits per heavy atom. The van der Waals surface area contributed by atoms with E-state index >= 15 is 0 Å². The van der Waals surface area contributed by atoms with Gasteiger partial charge in [0.05, 0.1) is 0 Å². The van der Waals surface area contributed by atoms with Crippen LogP contribution in [0.25, 0.3) is 0 Å². The Hall–Kier alpha value is -0.340. The van der Waals surface area contributed by atoms with E-state index in [1.807, 2.05) is 0 Å². The van der Waals surface area contributed by atoms with Crippen molar-refractivity contribution in [3.63, 3.8) is 0 Å². The molecule has 14 heavy (non-hydrogen) atoms. The Kier molecular flexibility index (Phi) is 3.24. The number of fused-ring (bicyclic) bond motifs is 1. The molecular formula is C12H22N2. The molecule has 2 aliphatic rings. The van der Waals surface area contributed by atoms with Crippen molar-refractivity contribution in [1.82, 2.24) is 4.90 Å². The first-order chi connectivity index (χ1) is 6.85. The third-order valence-corrected chi connectivity index (χ3v) is 3.91. The standard InChI is InChI=1S/C12H22N2/c1-2-12(7-13)14-8-10-5-3-4-6-11(10)9-14/h3-4,10-12H,2,5-9,13H2,1H3. The van der Waals surface area contributed by atoms with E-state index in [-0.39, 0.29) is 0 Å². The lowest BCUT2D eigenvalue weighted by molar-refractivity contribution is 0.230. The summed E-state index contributed by atoms with van der Waals surface area (Å²) < 4.78 is 0. The number of rotatable bonds is 3. The molecule has 1 aliphatic heterocycles. The van der Waals surface area contributed by atoms with Gasteiger partial charge in [-0.1, -0.05) is 19.1 Å². The number of likely N-dealkylation sites (tertiary alicyclic amines) is 1. The first-order valence-electron chi connectivity index (χ1n) is 5.94. The van der Waals surface area contributed by atoms with Gasteiger partial charge in [-0.15, -0.1) is 0 Å². The first-order valence-corrected chi connectivity index (χ1v) is 5.94. The molecule has 1 heterocycles. The van der Waals surface area contributed by atoms with Crippen LogP contribution in [0.3, 0.4) is 0 Å². The third kappa shape index (κ3) is 1.86. The van der Waals surface area contributed by atoms with Crippen molar-refractivity contribution < 1.29 is 0 Å². The molecule has 0 aromatic carbocycles. The molecule has 3 atom stereocenters. The maximum Gasteiger partial charge on any atom is 0.0216 e. The Labute approximate surface area is 87.2 Å². The summed E-state index contributed by atoms with van der Waals surface area (Å²) in [5.74, 6) is 1.83. The fourth-order valence-corrected chi connectivity index (χ4v) is 2.92. The fraction of sp³-hybridized carbons (Fsp3) is 0.833. The maximum atomic E-state index is 5.80. The van der Waals surface area contributed by atoms with Crippen molar-refractivity contribution >= 4 is 0 Å². The van der Waals surface area contributed by atoms with E-state index < -0.39 is 0 Å². The summed E-state index contributed by atoms with van der Waals surface area (Å²) in [5, 5.41) is 0. The zero-order valence-corrected chi connectivity index (χ0v) is 9.15. The topological polar surface area (TPSA) is 29.3 Å². The van der Waals surface area contributed by atoms with E-state index in [0.717, 1.165) is 18.4 Å². The molecule has 1 saturated heterocycles. The van der Waals surface area contributed by atoms with E-state index in [1.54, 1.807) is 0 Å². The van der Waals surface area contributed by atoms with Crippen LogP contribution in [0.4, 0.5) is 0 Å². The maximum absolute atomic E-state index is 5.80. The Bertz CT molecular complexity index is 192.